The van der Waals surface area contributed by atoms with Gasteiger partial charge in [0, 0.05) is 30.6 Å². The average molecular weight is 410 g/mol. The van der Waals surface area contributed by atoms with Crippen molar-refractivity contribution >= 4 is 23.1 Å². The van der Waals surface area contributed by atoms with Gasteiger partial charge in [-0.3, -0.25) is 4.90 Å². The second kappa shape index (κ2) is 9.20. The standard InChI is InChI=1S/C23H24FN3OS/c24-20-7-1-2-8-21(20)26-23(28)25-19-10-12-27(13-11-19)16-17-5-3-6-18(15-17)22-9-4-14-29-22/h1-9,14-15,19H,10-13,16H2,(H2,25,26,28). The van der Waals surface area contributed by atoms with Gasteiger partial charge in [0.15, 0.2) is 0 Å². The average Bonchev–Trinajstić information content (AvgIpc) is 3.26. The Bertz CT molecular complexity index is 952. The van der Waals surface area contributed by atoms with Crippen molar-refractivity contribution in [1.82, 2.24) is 10.2 Å². The molecule has 2 N–H and O–H groups in total. The Balaban J connectivity index is 1.26. The van der Waals surface area contributed by atoms with E-state index in [1.165, 1.54) is 22.1 Å². The number of hydrogen-bond acceptors (Lipinski definition) is 3. The molecule has 0 bridgehead atoms. The number of thiophene rings is 1. The van der Waals surface area contributed by atoms with E-state index in [1.807, 2.05) is 0 Å². The second-order valence-corrected chi connectivity index (χ2v) is 8.25. The van der Waals surface area contributed by atoms with Crippen molar-refractivity contribution < 1.29 is 9.18 Å². The van der Waals surface area contributed by atoms with Crippen molar-refractivity contribution in [2.75, 3.05) is 18.4 Å². The first-order valence-corrected chi connectivity index (χ1v) is 10.7. The topological polar surface area (TPSA) is 44.4 Å². The van der Waals surface area contributed by atoms with Gasteiger partial charge in [-0.15, -0.1) is 11.3 Å². The van der Waals surface area contributed by atoms with Crippen molar-refractivity contribution in [3.05, 3.63) is 77.4 Å². The van der Waals surface area contributed by atoms with Gasteiger partial charge in [-0.1, -0.05) is 36.4 Å². The zero-order valence-corrected chi connectivity index (χ0v) is 16.9. The largest absolute Gasteiger partial charge is 0.335 e. The molecule has 3 aromatic rings. The lowest BCUT2D eigenvalue weighted by atomic mass is 10.0. The van der Waals surface area contributed by atoms with Crippen LogP contribution < -0.4 is 10.6 Å². The van der Waals surface area contributed by atoms with Gasteiger partial charge in [-0.05, 0) is 53.6 Å². The summed E-state index contributed by atoms with van der Waals surface area (Å²) in [5.74, 6) is -0.428. The Labute approximate surface area is 174 Å². The van der Waals surface area contributed by atoms with E-state index in [-0.39, 0.29) is 17.8 Å². The smallest absolute Gasteiger partial charge is 0.319 e. The lowest BCUT2D eigenvalue weighted by Crippen LogP contribution is -2.45. The van der Waals surface area contributed by atoms with Crippen LogP contribution in [0.3, 0.4) is 0 Å². The normalized spacial score (nSPS) is 15.2. The number of para-hydroxylation sites is 1. The number of carbonyl (C=O) groups is 1. The molecule has 0 saturated carbocycles. The summed E-state index contributed by atoms with van der Waals surface area (Å²) in [7, 11) is 0. The molecule has 2 amide bonds. The molecule has 0 radical (unpaired) electrons. The Morgan fingerprint density at radius 1 is 1.07 bits per heavy atom. The van der Waals surface area contributed by atoms with E-state index in [2.05, 4.69) is 57.3 Å². The molecule has 29 heavy (non-hydrogen) atoms. The fourth-order valence-corrected chi connectivity index (χ4v) is 4.39. The zero-order valence-electron chi connectivity index (χ0n) is 16.1. The minimum atomic E-state index is -0.428. The highest BCUT2D eigenvalue weighted by Gasteiger charge is 2.21. The number of hydrogen-bond donors (Lipinski definition) is 2. The third-order valence-corrected chi connectivity index (χ3v) is 6.10. The number of likely N-dealkylation sites (tertiary alicyclic amines) is 1. The molecule has 0 aliphatic carbocycles. The highest BCUT2D eigenvalue weighted by molar-refractivity contribution is 7.13. The van der Waals surface area contributed by atoms with Crippen LogP contribution in [0, 0.1) is 5.82 Å². The molecule has 1 aliphatic rings. The molecule has 1 aromatic heterocycles. The molecule has 2 heterocycles. The molecule has 4 rings (SSSR count). The molecule has 0 spiro atoms. The number of rotatable bonds is 5. The van der Waals surface area contributed by atoms with Crippen LogP contribution in [0.2, 0.25) is 0 Å². The molecular weight excluding hydrogens is 385 g/mol. The van der Waals surface area contributed by atoms with Crippen LogP contribution in [-0.2, 0) is 6.54 Å². The van der Waals surface area contributed by atoms with Crippen LogP contribution >= 0.6 is 11.3 Å². The van der Waals surface area contributed by atoms with Gasteiger partial charge < -0.3 is 10.6 Å². The van der Waals surface area contributed by atoms with Gasteiger partial charge in [0.25, 0.3) is 0 Å². The Hall–Kier alpha value is -2.70. The number of anilines is 1. The molecule has 0 unspecified atom stereocenters. The van der Waals surface area contributed by atoms with E-state index in [9.17, 15) is 9.18 Å². The number of piperidine rings is 1. The summed E-state index contributed by atoms with van der Waals surface area (Å²) in [6.45, 7) is 2.76. The van der Waals surface area contributed by atoms with Crippen LogP contribution in [0.25, 0.3) is 10.4 Å². The van der Waals surface area contributed by atoms with Gasteiger partial charge in [-0.2, -0.15) is 0 Å². The Kier molecular flexibility index (Phi) is 6.22. The van der Waals surface area contributed by atoms with Gasteiger partial charge in [0.1, 0.15) is 5.82 Å². The van der Waals surface area contributed by atoms with Gasteiger partial charge in [0.05, 0.1) is 5.69 Å². The Morgan fingerprint density at radius 2 is 1.90 bits per heavy atom. The zero-order chi connectivity index (χ0) is 20.1. The minimum Gasteiger partial charge on any atom is -0.335 e. The highest BCUT2D eigenvalue weighted by atomic mass is 32.1. The van der Waals surface area contributed by atoms with Crippen molar-refractivity contribution in [2.24, 2.45) is 0 Å². The summed E-state index contributed by atoms with van der Waals surface area (Å²) >= 11 is 1.75. The molecule has 0 atom stereocenters. The monoisotopic (exact) mass is 409 g/mol. The number of benzene rings is 2. The molecule has 150 valence electrons. The van der Waals surface area contributed by atoms with E-state index in [0.29, 0.717) is 0 Å². The molecule has 1 fully saturated rings. The number of nitrogens with zero attached hydrogens (tertiary/aromatic N) is 1. The predicted octanol–water partition coefficient (Wildman–Crippen LogP) is 5.34. The fraction of sp³-hybridized carbons (Fsp3) is 0.261. The van der Waals surface area contributed by atoms with E-state index in [4.69, 9.17) is 0 Å². The first kappa shape index (κ1) is 19.6. The molecular formula is C23H24FN3OS. The van der Waals surface area contributed by atoms with E-state index in [0.717, 1.165) is 32.5 Å². The summed E-state index contributed by atoms with van der Waals surface area (Å²) in [6.07, 6.45) is 1.77. The second-order valence-electron chi connectivity index (χ2n) is 7.31. The lowest BCUT2D eigenvalue weighted by molar-refractivity contribution is 0.190. The molecule has 1 saturated heterocycles. The fourth-order valence-electron chi connectivity index (χ4n) is 3.67. The molecule has 4 nitrogen and oxygen atoms in total. The Morgan fingerprint density at radius 3 is 2.66 bits per heavy atom. The first-order valence-electron chi connectivity index (χ1n) is 9.84. The minimum absolute atomic E-state index is 0.107. The molecule has 2 aromatic carbocycles. The van der Waals surface area contributed by atoms with Gasteiger partial charge in [-0.25, -0.2) is 9.18 Å². The van der Waals surface area contributed by atoms with Crippen LogP contribution in [0.15, 0.2) is 66.0 Å². The SMILES string of the molecule is O=C(Nc1ccccc1F)NC1CCN(Cc2cccc(-c3cccs3)c2)CC1. The van der Waals surface area contributed by atoms with E-state index < -0.39 is 5.82 Å². The first-order chi connectivity index (χ1) is 14.2. The summed E-state index contributed by atoms with van der Waals surface area (Å²) in [5.41, 5.74) is 2.77. The van der Waals surface area contributed by atoms with E-state index in [1.54, 1.807) is 29.5 Å². The molecule has 1 aliphatic heterocycles. The summed E-state index contributed by atoms with van der Waals surface area (Å²) in [4.78, 5) is 15.9. The molecule has 6 heteroatoms. The van der Waals surface area contributed by atoms with Crippen molar-refractivity contribution in [3.8, 4) is 10.4 Å². The maximum atomic E-state index is 13.7. The van der Waals surface area contributed by atoms with Crippen LogP contribution in [-0.4, -0.2) is 30.1 Å². The highest BCUT2D eigenvalue weighted by Crippen LogP contribution is 2.26. The van der Waals surface area contributed by atoms with Crippen LogP contribution in [0.5, 0.6) is 0 Å². The predicted molar refractivity (Wildman–Crippen MR) is 117 cm³/mol. The lowest BCUT2D eigenvalue weighted by Gasteiger charge is -2.32. The number of halogens is 1. The third kappa shape index (κ3) is 5.22. The van der Waals surface area contributed by atoms with Crippen molar-refractivity contribution in [3.63, 3.8) is 0 Å². The maximum absolute atomic E-state index is 13.7. The van der Waals surface area contributed by atoms with Gasteiger partial charge in [0.2, 0.25) is 0 Å². The summed E-state index contributed by atoms with van der Waals surface area (Å²) in [6, 6.07) is 18.9. The van der Waals surface area contributed by atoms with Crippen molar-refractivity contribution in [2.45, 2.75) is 25.4 Å². The van der Waals surface area contributed by atoms with Crippen LogP contribution in [0.4, 0.5) is 14.9 Å². The number of urea groups is 1. The number of nitrogens with one attached hydrogen (secondary N) is 2. The third-order valence-electron chi connectivity index (χ3n) is 5.18. The van der Waals surface area contributed by atoms with Gasteiger partial charge >= 0.3 is 6.03 Å². The quantitative estimate of drug-likeness (QED) is 0.597. The van der Waals surface area contributed by atoms with Crippen molar-refractivity contribution in [1.29, 1.82) is 0 Å². The maximum Gasteiger partial charge on any atom is 0.319 e. The van der Waals surface area contributed by atoms with Crippen LogP contribution in [0.1, 0.15) is 18.4 Å². The summed E-state index contributed by atoms with van der Waals surface area (Å²) < 4.78 is 13.7. The number of amides is 2. The van der Waals surface area contributed by atoms with E-state index >= 15 is 0 Å². The number of carbonyl (C=O) groups excluding carboxylic acids is 1. The summed E-state index contributed by atoms with van der Waals surface area (Å²) in [5, 5.41) is 7.65.